The average molecular weight is 540 g/mol. The van der Waals surface area contributed by atoms with Crippen molar-refractivity contribution in [2.75, 3.05) is 36.4 Å². The predicted molar refractivity (Wildman–Crippen MR) is 157 cm³/mol. The summed E-state index contributed by atoms with van der Waals surface area (Å²) in [5.74, 6) is -0.282. The number of hydrogen-bond donors (Lipinski definition) is 3. The van der Waals surface area contributed by atoms with Crippen molar-refractivity contribution in [2.45, 2.75) is 44.2 Å². The number of benzene rings is 3. The summed E-state index contributed by atoms with van der Waals surface area (Å²) in [4.78, 5) is 43.2. The lowest BCUT2D eigenvalue weighted by Crippen LogP contribution is -2.49. The first-order valence-corrected chi connectivity index (χ1v) is 14.1. The molecular formula is C32H37N5O3. The fourth-order valence-corrected chi connectivity index (χ4v) is 5.45. The zero-order chi connectivity index (χ0) is 27.9. The molecular weight excluding hydrogens is 502 g/mol. The molecule has 3 aromatic rings. The normalized spacial score (nSPS) is 19.1. The van der Waals surface area contributed by atoms with Crippen LogP contribution in [0.3, 0.4) is 0 Å². The van der Waals surface area contributed by atoms with Gasteiger partial charge in [-0.25, -0.2) is 0 Å². The molecule has 208 valence electrons. The van der Waals surface area contributed by atoms with E-state index in [1.165, 1.54) is 0 Å². The largest absolute Gasteiger partial charge is 0.366 e. The van der Waals surface area contributed by atoms with E-state index in [1.54, 1.807) is 18.2 Å². The number of nitrogens with two attached hydrogens (primary N) is 1. The van der Waals surface area contributed by atoms with Gasteiger partial charge in [0.1, 0.15) is 0 Å². The van der Waals surface area contributed by atoms with Gasteiger partial charge in [0.25, 0.3) is 11.8 Å². The summed E-state index contributed by atoms with van der Waals surface area (Å²) in [5.41, 5.74) is 9.48. The van der Waals surface area contributed by atoms with Crippen molar-refractivity contribution in [3.05, 3.63) is 95.6 Å². The Balaban J connectivity index is 1.30. The van der Waals surface area contributed by atoms with E-state index in [9.17, 15) is 14.4 Å². The predicted octanol–water partition coefficient (Wildman–Crippen LogP) is 3.83. The molecule has 8 heteroatoms. The fourth-order valence-electron chi connectivity index (χ4n) is 5.45. The summed E-state index contributed by atoms with van der Waals surface area (Å²) < 4.78 is 0. The summed E-state index contributed by atoms with van der Waals surface area (Å²) in [6, 6.07) is 24.6. The highest BCUT2D eigenvalue weighted by molar-refractivity contribution is 6.07. The van der Waals surface area contributed by atoms with Crippen molar-refractivity contribution in [3.63, 3.8) is 0 Å². The van der Waals surface area contributed by atoms with Gasteiger partial charge in [-0.1, -0.05) is 48.5 Å². The van der Waals surface area contributed by atoms with Crippen LogP contribution in [0.4, 0.5) is 11.4 Å². The number of nitrogens with one attached hydrogen (secondary N) is 2. The molecule has 3 aromatic carbocycles. The van der Waals surface area contributed by atoms with E-state index in [1.807, 2.05) is 65.6 Å². The molecule has 0 spiro atoms. The molecule has 5 rings (SSSR count). The van der Waals surface area contributed by atoms with Gasteiger partial charge in [-0.05, 0) is 61.6 Å². The first-order valence-electron chi connectivity index (χ1n) is 14.1. The third kappa shape index (κ3) is 6.87. The zero-order valence-electron chi connectivity index (χ0n) is 22.7. The maximum atomic E-state index is 13.1. The highest BCUT2D eigenvalue weighted by atomic mass is 16.2. The molecule has 1 heterocycles. The van der Waals surface area contributed by atoms with E-state index < -0.39 is 0 Å². The molecule has 0 bridgehead atoms. The highest BCUT2D eigenvalue weighted by Gasteiger charge is 2.25. The number of anilines is 2. The van der Waals surface area contributed by atoms with Gasteiger partial charge < -0.3 is 26.2 Å². The van der Waals surface area contributed by atoms with Gasteiger partial charge in [-0.15, -0.1) is 0 Å². The first kappa shape index (κ1) is 27.4. The Morgan fingerprint density at radius 1 is 0.750 bits per heavy atom. The summed E-state index contributed by atoms with van der Waals surface area (Å²) in [5, 5.41) is 6.18. The van der Waals surface area contributed by atoms with E-state index in [0.717, 1.165) is 36.9 Å². The van der Waals surface area contributed by atoms with Crippen LogP contribution in [0, 0.1) is 0 Å². The van der Waals surface area contributed by atoms with Gasteiger partial charge in [0.2, 0.25) is 5.91 Å². The second-order valence-corrected chi connectivity index (χ2v) is 10.7. The van der Waals surface area contributed by atoms with Crippen LogP contribution in [0.25, 0.3) is 0 Å². The molecule has 1 aliphatic carbocycles. The minimum Gasteiger partial charge on any atom is -0.366 e. The SMILES string of the molecule is NC1CCC(NC(=O)c2ccc(N3CCN(C(=O)Cc4ccccc4)CC3)c(NC(=O)c3ccccc3)c2)CC1. The van der Waals surface area contributed by atoms with Crippen molar-refractivity contribution in [2.24, 2.45) is 5.73 Å². The van der Waals surface area contributed by atoms with E-state index in [0.29, 0.717) is 49.4 Å². The van der Waals surface area contributed by atoms with Crippen LogP contribution in [-0.2, 0) is 11.2 Å². The summed E-state index contributed by atoms with van der Waals surface area (Å²) in [6.45, 7) is 2.43. The molecule has 0 aromatic heterocycles. The molecule has 2 aliphatic rings. The van der Waals surface area contributed by atoms with Crippen LogP contribution >= 0.6 is 0 Å². The second kappa shape index (κ2) is 12.8. The maximum absolute atomic E-state index is 13.1. The average Bonchev–Trinajstić information content (AvgIpc) is 2.99. The Hall–Kier alpha value is -4.17. The molecule has 0 unspecified atom stereocenters. The van der Waals surface area contributed by atoms with Crippen LogP contribution in [0.2, 0.25) is 0 Å². The summed E-state index contributed by atoms with van der Waals surface area (Å²) in [6.07, 6.45) is 3.94. The van der Waals surface area contributed by atoms with Gasteiger partial charge in [0.05, 0.1) is 17.8 Å². The quantitative estimate of drug-likeness (QED) is 0.423. The van der Waals surface area contributed by atoms with Crippen molar-refractivity contribution in [1.29, 1.82) is 0 Å². The highest BCUT2D eigenvalue weighted by Crippen LogP contribution is 2.29. The minimum absolute atomic E-state index is 0.107. The van der Waals surface area contributed by atoms with Gasteiger partial charge in [0, 0.05) is 49.4 Å². The number of carbonyl (C=O) groups is 3. The number of carbonyl (C=O) groups excluding carboxylic acids is 3. The van der Waals surface area contributed by atoms with E-state index >= 15 is 0 Å². The number of rotatable bonds is 7. The van der Waals surface area contributed by atoms with E-state index in [-0.39, 0.29) is 29.8 Å². The van der Waals surface area contributed by atoms with Crippen molar-refractivity contribution >= 4 is 29.1 Å². The number of piperazine rings is 1. The maximum Gasteiger partial charge on any atom is 0.255 e. The third-order valence-electron chi connectivity index (χ3n) is 7.82. The third-order valence-corrected chi connectivity index (χ3v) is 7.82. The Labute approximate surface area is 235 Å². The Morgan fingerprint density at radius 2 is 1.40 bits per heavy atom. The van der Waals surface area contributed by atoms with Crippen LogP contribution < -0.4 is 21.3 Å². The van der Waals surface area contributed by atoms with Gasteiger partial charge in [-0.2, -0.15) is 0 Å². The zero-order valence-corrected chi connectivity index (χ0v) is 22.7. The topological polar surface area (TPSA) is 108 Å². The first-order chi connectivity index (χ1) is 19.5. The molecule has 4 N–H and O–H groups in total. The van der Waals surface area contributed by atoms with Crippen LogP contribution in [0.5, 0.6) is 0 Å². The lowest BCUT2D eigenvalue weighted by Gasteiger charge is -2.37. The Bertz CT molecular complexity index is 1310. The molecule has 2 fully saturated rings. The molecule has 3 amide bonds. The number of nitrogens with zero attached hydrogens (tertiary/aromatic N) is 2. The molecule has 0 radical (unpaired) electrons. The molecule has 0 atom stereocenters. The molecule has 8 nitrogen and oxygen atoms in total. The second-order valence-electron chi connectivity index (χ2n) is 10.7. The molecule has 1 aliphatic heterocycles. The monoisotopic (exact) mass is 539 g/mol. The van der Waals surface area contributed by atoms with Gasteiger partial charge in [-0.3, -0.25) is 14.4 Å². The lowest BCUT2D eigenvalue weighted by molar-refractivity contribution is -0.130. The molecule has 1 saturated heterocycles. The fraction of sp³-hybridized carbons (Fsp3) is 0.344. The van der Waals surface area contributed by atoms with Crippen molar-refractivity contribution < 1.29 is 14.4 Å². The van der Waals surface area contributed by atoms with E-state index in [2.05, 4.69) is 15.5 Å². The van der Waals surface area contributed by atoms with E-state index in [4.69, 9.17) is 5.73 Å². The van der Waals surface area contributed by atoms with Crippen LogP contribution in [-0.4, -0.2) is 60.9 Å². The lowest BCUT2D eigenvalue weighted by atomic mass is 9.91. The molecule has 1 saturated carbocycles. The summed E-state index contributed by atoms with van der Waals surface area (Å²) >= 11 is 0. The Morgan fingerprint density at radius 3 is 2.08 bits per heavy atom. The number of amides is 3. The minimum atomic E-state index is -0.239. The van der Waals surface area contributed by atoms with Gasteiger partial charge in [0.15, 0.2) is 0 Å². The Kier molecular flexibility index (Phi) is 8.76. The van der Waals surface area contributed by atoms with Crippen molar-refractivity contribution in [3.8, 4) is 0 Å². The van der Waals surface area contributed by atoms with Crippen LogP contribution in [0.15, 0.2) is 78.9 Å². The van der Waals surface area contributed by atoms with Crippen molar-refractivity contribution in [1.82, 2.24) is 10.2 Å². The van der Waals surface area contributed by atoms with Crippen LogP contribution in [0.1, 0.15) is 52.0 Å². The summed E-state index contributed by atoms with van der Waals surface area (Å²) in [7, 11) is 0. The standard InChI is InChI=1S/C32H37N5O3/c33-26-12-14-27(15-13-26)34-32(40)25-11-16-29(28(22-25)35-31(39)24-9-5-2-6-10-24)36-17-19-37(20-18-36)30(38)21-23-7-3-1-4-8-23/h1-11,16,22,26-27H,12-15,17-21,33H2,(H,34,40)(H,35,39). The smallest absolute Gasteiger partial charge is 0.255 e. The van der Waals surface area contributed by atoms with Gasteiger partial charge >= 0.3 is 0 Å². The number of hydrogen-bond acceptors (Lipinski definition) is 5. The molecule has 40 heavy (non-hydrogen) atoms.